The van der Waals surface area contributed by atoms with Gasteiger partial charge in [0.05, 0.1) is 24.0 Å². The molecular formula is C16H17ClN4O3. The second kappa shape index (κ2) is 6.52. The first-order valence-electron chi connectivity index (χ1n) is 7.44. The summed E-state index contributed by atoms with van der Waals surface area (Å²) in [5.74, 6) is -0.0623. The molecule has 1 aliphatic heterocycles. The summed E-state index contributed by atoms with van der Waals surface area (Å²) in [4.78, 5) is 26.5. The van der Waals surface area contributed by atoms with Gasteiger partial charge in [-0.2, -0.15) is 5.10 Å². The Labute approximate surface area is 144 Å². The van der Waals surface area contributed by atoms with Gasteiger partial charge in [0, 0.05) is 25.4 Å². The molecule has 1 fully saturated rings. The van der Waals surface area contributed by atoms with Gasteiger partial charge in [-0.1, -0.05) is 11.6 Å². The van der Waals surface area contributed by atoms with Gasteiger partial charge in [0.2, 0.25) is 5.91 Å². The number of anilines is 1. The molecule has 1 aromatic heterocycles. The Hall–Kier alpha value is -2.54. The highest BCUT2D eigenvalue weighted by atomic mass is 35.5. The number of hydrogen-bond donors (Lipinski definition) is 1. The number of rotatable bonds is 4. The van der Waals surface area contributed by atoms with Crippen molar-refractivity contribution in [3.8, 4) is 5.75 Å². The number of carbonyl (C=O) groups is 2. The summed E-state index contributed by atoms with van der Waals surface area (Å²) >= 11 is 5.96. The fraction of sp³-hybridized carbons (Fsp3) is 0.312. The third-order valence-electron chi connectivity index (χ3n) is 3.93. The van der Waals surface area contributed by atoms with Crippen LogP contribution in [-0.4, -0.2) is 41.3 Å². The van der Waals surface area contributed by atoms with Crippen LogP contribution in [0.2, 0.25) is 5.02 Å². The third-order valence-corrected chi connectivity index (χ3v) is 4.24. The van der Waals surface area contributed by atoms with Crippen molar-refractivity contribution in [3.05, 3.63) is 41.2 Å². The number of nitrogens with one attached hydrogen (secondary N) is 1. The summed E-state index contributed by atoms with van der Waals surface area (Å²) in [6, 6.07) is 4.18. The molecule has 1 saturated heterocycles. The average Bonchev–Trinajstić information content (AvgIpc) is 3.14. The summed E-state index contributed by atoms with van der Waals surface area (Å²) in [6.07, 6.45) is 3.95. The molecule has 0 saturated carbocycles. The number of halogens is 1. The molecule has 1 atom stereocenters. The number of ether oxygens (including phenoxy) is 1. The van der Waals surface area contributed by atoms with Crippen molar-refractivity contribution >= 4 is 29.1 Å². The molecular weight excluding hydrogens is 332 g/mol. The molecule has 1 N–H and O–H groups in total. The normalized spacial score (nSPS) is 17.2. The van der Waals surface area contributed by atoms with Gasteiger partial charge in [0.1, 0.15) is 11.8 Å². The maximum absolute atomic E-state index is 12.5. The molecule has 8 heteroatoms. The standard InChI is InChI=1S/C16H17ClN4O3/c1-20-9-11(8-18-20)21-6-5-13(16(21)23)19-15(22)10-3-4-12(17)14(7-10)24-2/h3-4,7-9,13H,5-6H2,1-2H3,(H,19,22)/t13-/m1/s1. The van der Waals surface area contributed by atoms with E-state index in [2.05, 4.69) is 10.4 Å². The van der Waals surface area contributed by atoms with Crippen LogP contribution < -0.4 is 15.0 Å². The van der Waals surface area contributed by atoms with Crippen molar-refractivity contribution < 1.29 is 14.3 Å². The Morgan fingerprint density at radius 1 is 1.46 bits per heavy atom. The van der Waals surface area contributed by atoms with Crippen LogP contribution in [0.4, 0.5) is 5.69 Å². The van der Waals surface area contributed by atoms with Crippen LogP contribution in [-0.2, 0) is 11.8 Å². The van der Waals surface area contributed by atoms with Crippen LogP contribution >= 0.6 is 11.6 Å². The highest BCUT2D eigenvalue weighted by Gasteiger charge is 2.34. The lowest BCUT2D eigenvalue weighted by Crippen LogP contribution is -2.41. The average molecular weight is 349 g/mol. The summed E-state index contributed by atoms with van der Waals surface area (Å²) in [5.41, 5.74) is 1.12. The van der Waals surface area contributed by atoms with Crippen LogP contribution in [0.3, 0.4) is 0 Å². The van der Waals surface area contributed by atoms with Gasteiger partial charge in [0.25, 0.3) is 5.91 Å². The van der Waals surface area contributed by atoms with Crippen molar-refractivity contribution in [1.29, 1.82) is 0 Å². The molecule has 2 heterocycles. The minimum absolute atomic E-state index is 0.141. The van der Waals surface area contributed by atoms with E-state index in [4.69, 9.17) is 16.3 Å². The Morgan fingerprint density at radius 2 is 2.25 bits per heavy atom. The zero-order valence-corrected chi connectivity index (χ0v) is 14.1. The molecule has 24 heavy (non-hydrogen) atoms. The third kappa shape index (κ3) is 3.07. The fourth-order valence-electron chi connectivity index (χ4n) is 2.66. The zero-order valence-electron chi connectivity index (χ0n) is 13.3. The van der Waals surface area contributed by atoms with Crippen molar-refractivity contribution in [1.82, 2.24) is 15.1 Å². The van der Waals surface area contributed by atoms with Crippen molar-refractivity contribution in [2.45, 2.75) is 12.5 Å². The van der Waals surface area contributed by atoms with E-state index in [0.717, 1.165) is 5.69 Å². The Morgan fingerprint density at radius 3 is 2.92 bits per heavy atom. The SMILES string of the molecule is COc1cc(C(=O)N[C@@H]2CCN(c3cnn(C)c3)C2=O)ccc1Cl. The second-order valence-electron chi connectivity index (χ2n) is 5.53. The molecule has 1 aromatic carbocycles. The number of hydrogen-bond acceptors (Lipinski definition) is 4. The van der Waals surface area contributed by atoms with Crippen molar-refractivity contribution in [2.24, 2.45) is 7.05 Å². The summed E-state index contributed by atoms with van der Waals surface area (Å²) < 4.78 is 6.74. The molecule has 0 spiro atoms. The van der Waals surface area contributed by atoms with Gasteiger partial charge in [0.15, 0.2) is 0 Å². The van der Waals surface area contributed by atoms with Crippen molar-refractivity contribution in [3.63, 3.8) is 0 Å². The van der Waals surface area contributed by atoms with Crippen LogP contribution in [0.25, 0.3) is 0 Å². The molecule has 0 radical (unpaired) electrons. The molecule has 2 aromatic rings. The number of carbonyl (C=O) groups excluding carboxylic acids is 2. The van der Waals surface area contributed by atoms with Gasteiger partial charge in [-0.15, -0.1) is 0 Å². The molecule has 1 aliphatic rings. The highest BCUT2D eigenvalue weighted by molar-refractivity contribution is 6.32. The molecule has 126 valence electrons. The van der Waals surface area contributed by atoms with E-state index < -0.39 is 6.04 Å². The number of methoxy groups -OCH3 is 1. The lowest BCUT2D eigenvalue weighted by Gasteiger charge is -2.15. The minimum Gasteiger partial charge on any atom is -0.495 e. The van der Waals surface area contributed by atoms with Crippen LogP contribution in [0.1, 0.15) is 16.8 Å². The maximum atomic E-state index is 12.5. The second-order valence-corrected chi connectivity index (χ2v) is 5.93. The predicted molar refractivity (Wildman–Crippen MR) is 89.4 cm³/mol. The smallest absolute Gasteiger partial charge is 0.252 e. The van der Waals surface area contributed by atoms with Gasteiger partial charge in [-0.25, -0.2) is 0 Å². The minimum atomic E-state index is -0.556. The number of amides is 2. The fourth-order valence-corrected chi connectivity index (χ4v) is 2.86. The van der Waals surface area contributed by atoms with Gasteiger partial charge in [-0.05, 0) is 24.6 Å². The van der Waals surface area contributed by atoms with Crippen molar-refractivity contribution in [2.75, 3.05) is 18.6 Å². The van der Waals surface area contributed by atoms with Gasteiger partial charge >= 0.3 is 0 Å². The first-order valence-corrected chi connectivity index (χ1v) is 7.82. The quantitative estimate of drug-likeness (QED) is 0.910. The van der Waals surface area contributed by atoms with E-state index in [0.29, 0.717) is 29.3 Å². The summed E-state index contributed by atoms with van der Waals surface area (Å²) in [6.45, 7) is 0.541. The number of aryl methyl sites for hydroxylation is 1. The van der Waals surface area contributed by atoms with Gasteiger partial charge < -0.3 is 15.0 Å². The Balaban J connectivity index is 1.70. The zero-order chi connectivity index (χ0) is 17.3. The van der Waals surface area contributed by atoms with Crippen LogP contribution in [0.15, 0.2) is 30.6 Å². The van der Waals surface area contributed by atoms with E-state index in [1.807, 2.05) is 0 Å². The number of benzene rings is 1. The molecule has 0 aliphatic carbocycles. The van der Waals surface area contributed by atoms with E-state index in [1.54, 1.807) is 47.2 Å². The maximum Gasteiger partial charge on any atom is 0.252 e. The molecule has 2 amide bonds. The summed E-state index contributed by atoms with van der Waals surface area (Å²) in [7, 11) is 3.27. The van der Waals surface area contributed by atoms with Crippen LogP contribution in [0, 0.1) is 0 Å². The number of aromatic nitrogens is 2. The summed E-state index contributed by atoms with van der Waals surface area (Å²) in [5, 5.41) is 7.26. The van der Waals surface area contributed by atoms with E-state index in [1.165, 1.54) is 7.11 Å². The lowest BCUT2D eigenvalue weighted by molar-refractivity contribution is -0.118. The number of nitrogens with zero attached hydrogens (tertiary/aromatic N) is 3. The van der Waals surface area contributed by atoms with E-state index in [-0.39, 0.29) is 11.8 Å². The molecule has 0 bridgehead atoms. The highest BCUT2D eigenvalue weighted by Crippen LogP contribution is 2.25. The molecule has 0 unspecified atom stereocenters. The topological polar surface area (TPSA) is 76.5 Å². The first-order chi connectivity index (χ1) is 11.5. The monoisotopic (exact) mass is 348 g/mol. The predicted octanol–water partition coefficient (Wildman–Crippen LogP) is 1.62. The van der Waals surface area contributed by atoms with Gasteiger partial charge in [-0.3, -0.25) is 14.3 Å². The van der Waals surface area contributed by atoms with E-state index >= 15 is 0 Å². The Kier molecular flexibility index (Phi) is 4.44. The first kappa shape index (κ1) is 16.3. The largest absolute Gasteiger partial charge is 0.495 e. The lowest BCUT2D eigenvalue weighted by atomic mass is 10.1. The molecule has 3 rings (SSSR count). The molecule has 7 nitrogen and oxygen atoms in total. The van der Waals surface area contributed by atoms with E-state index in [9.17, 15) is 9.59 Å². The Bertz CT molecular complexity index is 789. The van der Waals surface area contributed by atoms with Crippen LogP contribution in [0.5, 0.6) is 5.75 Å².